The first-order chi connectivity index (χ1) is 11.7. The van der Waals surface area contributed by atoms with Crippen LogP contribution in [0.3, 0.4) is 0 Å². The maximum absolute atomic E-state index is 12.6. The highest BCUT2D eigenvalue weighted by Gasteiger charge is 2.27. The van der Waals surface area contributed by atoms with E-state index in [9.17, 15) is 14.3 Å². The van der Waals surface area contributed by atoms with E-state index >= 15 is 0 Å². The number of aliphatic hydroxyl groups is 1. The molecule has 2 heterocycles. The minimum absolute atomic E-state index is 0.461. The Morgan fingerprint density at radius 1 is 1.25 bits per heavy atom. The van der Waals surface area contributed by atoms with Gasteiger partial charge in [-0.1, -0.05) is 6.07 Å². The van der Waals surface area contributed by atoms with Gasteiger partial charge in [-0.05, 0) is 43.6 Å². The molecule has 1 amide bonds. The average Bonchev–Trinajstić information content (AvgIpc) is 3.13. The van der Waals surface area contributed by atoms with Gasteiger partial charge in [0.15, 0.2) is 18.2 Å². The van der Waals surface area contributed by atoms with Gasteiger partial charge in [0, 0.05) is 6.54 Å². The van der Waals surface area contributed by atoms with Gasteiger partial charge in [0.05, 0.1) is 6.04 Å². The molecule has 132 valence electrons. The molecule has 2 aliphatic heterocycles. The molecule has 0 bridgehead atoms. The molecule has 1 saturated heterocycles. The molecule has 2 aliphatic rings. The number of benzene rings is 1. The number of hydrogen-bond donors (Lipinski definition) is 2. The molecular formula is C17H23FN2O4. The van der Waals surface area contributed by atoms with Crippen molar-refractivity contribution in [3.8, 4) is 11.5 Å². The van der Waals surface area contributed by atoms with Crippen LogP contribution >= 0.6 is 0 Å². The van der Waals surface area contributed by atoms with Crippen molar-refractivity contribution >= 4 is 5.91 Å². The van der Waals surface area contributed by atoms with E-state index in [0.717, 1.165) is 25.9 Å². The van der Waals surface area contributed by atoms with Crippen LogP contribution in [0.5, 0.6) is 11.5 Å². The number of hydrogen-bond acceptors (Lipinski definition) is 5. The number of likely N-dealkylation sites (tertiary alicyclic amines) is 1. The maximum atomic E-state index is 12.6. The second-order valence-corrected chi connectivity index (χ2v) is 6.16. The standard InChI is InChI=1S/C17H23FN2O4/c18-10-16(21)19-13(11-20-5-1-2-6-20)17(22)12-3-4-14-15(9-12)24-8-7-23-14/h3-4,9,13,17,22H,1-2,5-8,10-11H2,(H,19,21)/t13-,17-/m1/s1. The SMILES string of the molecule is O=C(CF)N[C@H](CN1CCCC1)[C@H](O)c1ccc2c(c1)OCCO2. The van der Waals surface area contributed by atoms with Crippen molar-refractivity contribution in [2.75, 3.05) is 39.5 Å². The number of aliphatic hydroxyl groups excluding tert-OH is 1. The lowest BCUT2D eigenvalue weighted by Crippen LogP contribution is -2.47. The summed E-state index contributed by atoms with van der Waals surface area (Å²) in [5.74, 6) is 0.506. The van der Waals surface area contributed by atoms with Gasteiger partial charge in [-0.15, -0.1) is 0 Å². The largest absolute Gasteiger partial charge is 0.486 e. The van der Waals surface area contributed by atoms with E-state index in [1.807, 2.05) is 0 Å². The van der Waals surface area contributed by atoms with Crippen molar-refractivity contribution in [2.24, 2.45) is 0 Å². The number of carbonyl (C=O) groups is 1. The molecule has 0 unspecified atom stereocenters. The van der Waals surface area contributed by atoms with Crippen LogP contribution in [0.4, 0.5) is 4.39 Å². The number of carbonyl (C=O) groups excluding carboxylic acids is 1. The minimum atomic E-state index is -1.09. The lowest BCUT2D eigenvalue weighted by atomic mass is 10.0. The third-order valence-corrected chi connectivity index (χ3v) is 4.41. The number of ether oxygens (including phenoxy) is 2. The molecule has 0 saturated carbocycles. The Labute approximate surface area is 140 Å². The fourth-order valence-corrected chi connectivity index (χ4v) is 3.19. The average molecular weight is 338 g/mol. The lowest BCUT2D eigenvalue weighted by molar-refractivity contribution is -0.123. The quantitative estimate of drug-likeness (QED) is 0.811. The van der Waals surface area contributed by atoms with Crippen LogP contribution in [0.15, 0.2) is 18.2 Å². The Hall–Kier alpha value is -1.86. The topological polar surface area (TPSA) is 71.0 Å². The Morgan fingerprint density at radius 2 is 1.96 bits per heavy atom. The molecule has 1 fully saturated rings. The van der Waals surface area contributed by atoms with E-state index in [1.54, 1.807) is 18.2 Å². The van der Waals surface area contributed by atoms with Gasteiger partial charge in [0.25, 0.3) is 5.91 Å². The van der Waals surface area contributed by atoms with E-state index in [1.165, 1.54) is 0 Å². The first-order valence-electron chi connectivity index (χ1n) is 8.32. The van der Waals surface area contributed by atoms with Crippen molar-refractivity contribution in [3.05, 3.63) is 23.8 Å². The van der Waals surface area contributed by atoms with Crippen LogP contribution in [-0.2, 0) is 4.79 Å². The fourth-order valence-electron chi connectivity index (χ4n) is 3.19. The molecule has 0 radical (unpaired) electrons. The Kier molecular flexibility index (Phi) is 5.52. The van der Waals surface area contributed by atoms with Crippen LogP contribution in [0, 0.1) is 0 Å². The summed E-state index contributed by atoms with van der Waals surface area (Å²) in [6.07, 6.45) is 1.25. The number of nitrogens with zero attached hydrogens (tertiary/aromatic N) is 1. The van der Waals surface area contributed by atoms with E-state index < -0.39 is 24.7 Å². The molecule has 24 heavy (non-hydrogen) atoms. The third-order valence-electron chi connectivity index (χ3n) is 4.41. The second-order valence-electron chi connectivity index (χ2n) is 6.16. The molecule has 3 rings (SSSR count). The van der Waals surface area contributed by atoms with Crippen LogP contribution in [0.1, 0.15) is 24.5 Å². The van der Waals surface area contributed by atoms with Gasteiger partial charge >= 0.3 is 0 Å². The zero-order valence-corrected chi connectivity index (χ0v) is 13.5. The van der Waals surface area contributed by atoms with Crippen LogP contribution in [0.25, 0.3) is 0 Å². The molecule has 0 spiro atoms. The summed E-state index contributed by atoms with van der Waals surface area (Å²) in [7, 11) is 0. The highest BCUT2D eigenvalue weighted by molar-refractivity contribution is 5.77. The molecule has 2 atom stereocenters. The summed E-state index contributed by atoms with van der Waals surface area (Å²) >= 11 is 0. The predicted octanol–water partition coefficient (Wildman–Crippen LogP) is 1.04. The fraction of sp³-hybridized carbons (Fsp3) is 0.588. The van der Waals surface area contributed by atoms with Crippen molar-refractivity contribution < 1.29 is 23.8 Å². The normalized spacial score (nSPS) is 19.8. The van der Waals surface area contributed by atoms with E-state index in [0.29, 0.717) is 36.8 Å². The Balaban J connectivity index is 1.75. The summed E-state index contributed by atoms with van der Waals surface area (Å²) in [4.78, 5) is 13.7. The highest BCUT2D eigenvalue weighted by atomic mass is 19.1. The van der Waals surface area contributed by atoms with E-state index in [2.05, 4.69) is 10.2 Å². The summed E-state index contributed by atoms with van der Waals surface area (Å²) in [6, 6.07) is 4.64. The van der Waals surface area contributed by atoms with Crippen LogP contribution in [0.2, 0.25) is 0 Å². The van der Waals surface area contributed by atoms with Crippen LogP contribution < -0.4 is 14.8 Å². The third kappa shape index (κ3) is 3.96. The van der Waals surface area contributed by atoms with Crippen molar-refractivity contribution in [1.82, 2.24) is 10.2 Å². The maximum Gasteiger partial charge on any atom is 0.251 e. The zero-order valence-electron chi connectivity index (χ0n) is 13.5. The lowest BCUT2D eigenvalue weighted by Gasteiger charge is -2.29. The number of nitrogens with one attached hydrogen (secondary N) is 1. The molecule has 0 aliphatic carbocycles. The number of rotatable bonds is 6. The molecular weight excluding hydrogens is 315 g/mol. The smallest absolute Gasteiger partial charge is 0.251 e. The van der Waals surface area contributed by atoms with Gasteiger partial charge in [-0.25, -0.2) is 4.39 Å². The minimum Gasteiger partial charge on any atom is -0.486 e. The zero-order chi connectivity index (χ0) is 16.9. The first kappa shape index (κ1) is 17.0. The van der Waals surface area contributed by atoms with E-state index in [4.69, 9.17) is 9.47 Å². The van der Waals surface area contributed by atoms with Crippen molar-refractivity contribution in [1.29, 1.82) is 0 Å². The number of amides is 1. The first-order valence-corrected chi connectivity index (χ1v) is 8.32. The Bertz CT molecular complexity index is 578. The van der Waals surface area contributed by atoms with E-state index in [-0.39, 0.29) is 0 Å². The highest BCUT2D eigenvalue weighted by Crippen LogP contribution is 2.33. The van der Waals surface area contributed by atoms with Gasteiger partial charge in [0.2, 0.25) is 0 Å². The number of fused-ring (bicyclic) bond motifs is 1. The molecule has 1 aromatic carbocycles. The molecule has 1 aromatic rings. The van der Waals surface area contributed by atoms with Crippen molar-refractivity contribution in [2.45, 2.75) is 25.0 Å². The van der Waals surface area contributed by atoms with Crippen LogP contribution in [-0.4, -0.2) is 61.5 Å². The molecule has 2 N–H and O–H groups in total. The monoisotopic (exact) mass is 338 g/mol. The summed E-state index contributed by atoms with van der Waals surface area (Å²) < 4.78 is 23.6. The summed E-state index contributed by atoms with van der Waals surface area (Å²) in [6.45, 7) is 2.21. The molecule has 0 aromatic heterocycles. The van der Waals surface area contributed by atoms with Gasteiger partial charge in [0.1, 0.15) is 19.3 Å². The second kappa shape index (κ2) is 7.81. The molecule has 6 nitrogen and oxygen atoms in total. The summed E-state index contributed by atoms with van der Waals surface area (Å²) in [5.41, 5.74) is 0.614. The van der Waals surface area contributed by atoms with Gasteiger partial charge in [-0.3, -0.25) is 4.79 Å². The summed E-state index contributed by atoms with van der Waals surface area (Å²) in [5, 5.41) is 13.3. The Morgan fingerprint density at radius 3 is 2.67 bits per heavy atom. The number of halogens is 1. The van der Waals surface area contributed by atoms with Gasteiger partial charge in [-0.2, -0.15) is 0 Å². The molecule has 7 heteroatoms. The van der Waals surface area contributed by atoms with Crippen molar-refractivity contribution in [3.63, 3.8) is 0 Å². The number of alkyl halides is 1. The predicted molar refractivity (Wildman–Crippen MR) is 86.0 cm³/mol. The van der Waals surface area contributed by atoms with Gasteiger partial charge < -0.3 is 24.8 Å².